The van der Waals surface area contributed by atoms with Gasteiger partial charge in [0.2, 0.25) is 0 Å². The maximum atomic E-state index is 10.4. The smallest absolute Gasteiger partial charge is 0.162 e. The highest BCUT2D eigenvalue weighted by Crippen LogP contribution is 2.33. The van der Waals surface area contributed by atoms with Crippen molar-refractivity contribution in [3.63, 3.8) is 0 Å². The lowest BCUT2D eigenvalue weighted by atomic mass is 10.1. The van der Waals surface area contributed by atoms with E-state index < -0.39 is 6.10 Å². The fourth-order valence-electron chi connectivity index (χ4n) is 3.77. The zero-order valence-electron chi connectivity index (χ0n) is 19.2. The fraction of sp³-hybridized carbons (Fsp3) is 0.346. The van der Waals surface area contributed by atoms with Gasteiger partial charge in [-0.3, -0.25) is 4.98 Å². The molecule has 186 valence electrons. The molecule has 1 aromatic heterocycles. The summed E-state index contributed by atoms with van der Waals surface area (Å²) in [5, 5.41) is 32.6. The number of rotatable bonds is 11. The van der Waals surface area contributed by atoms with E-state index in [1.54, 1.807) is 24.5 Å². The lowest BCUT2D eigenvalue weighted by Crippen LogP contribution is -2.33. The standard InChI is InChI=1S/C26H29BrN2O6/c27-21-7-18(10-29-11-21)14-33-15-22-16-34-25-4-1-17(8-26(25)35-22)5-6-28-12-24(32)19-2-3-23(31)20(9-19)13-30/h1-4,7-11,22,24,28,30-32H,5-6,12-16H2/t22-,24+/m1/s1. The molecule has 0 bridgehead atoms. The Hall–Kier alpha value is -2.69. The Morgan fingerprint density at radius 3 is 2.83 bits per heavy atom. The van der Waals surface area contributed by atoms with E-state index in [-0.39, 0.29) is 18.5 Å². The first-order valence-electron chi connectivity index (χ1n) is 11.4. The summed E-state index contributed by atoms with van der Waals surface area (Å²) in [6, 6.07) is 12.6. The third-order valence-electron chi connectivity index (χ3n) is 5.65. The summed E-state index contributed by atoms with van der Waals surface area (Å²) in [5.74, 6) is 1.44. The van der Waals surface area contributed by atoms with Crippen molar-refractivity contribution in [1.29, 1.82) is 0 Å². The van der Waals surface area contributed by atoms with Crippen molar-refractivity contribution in [1.82, 2.24) is 10.3 Å². The number of nitrogens with one attached hydrogen (secondary N) is 1. The monoisotopic (exact) mass is 544 g/mol. The maximum Gasteiger partial charge on any atom is 0.162 e. The van der Waals surface area contributed by atoms with Gasteiger partial charge < -0.3 is 34.8 Å². The Morgan fingerprint density at radius 1 is 1.11 bits per heavy atom. The number of nitrogens with zero attached hydrogens (tertiary/aromatic N) is 1. The first-order valence-corrected chi connectivity index (χ1v) is 12.2. The maximum absolute atomic E-state index is 10.4. The second-order valence-electron chi connectivity index (χ2n) is 8.37. The number of aliphatic hydroxyl groups excluding tert-OH is 2. The minimum absolute atomic E-state index is 0.0190. The minimum Gasteiger partial charge on any atom is -0.508 e. The summed E-state index contributed by atoms with van der Waals surface area (Å²) >= 11 is 3.41. The minimum atomic E-state index is -0.741. The van der Waals surface area contributed by atoms with Crippen LogP contribution in [0.3, 0.4) is 0 Å². The van der Waals surface area contributed by atoms with Gasteiger partial charge in [-0.25, -0.2) is 0 Å². The second-order valence-corrected chi connectivity index (χ2v) is 9.29. The highest BCUT2D eigenvalue weighted by Gasteiger charge is 2.21. The highest BCUT2D eigenvalue weighted by atomic mass is 79.9. The molecule has 1 aliphatic heterocycles. The summed E-state index contributed by atoms with van der Waals surface area (Å²) in [7, 11) is 0. The molecule has 0 amide bonds. The molecular weight excluding hydrogens is 516 g/mol. The third kappa shape index (κ3) is 7.16. The van der Waals surface area contributed by atoms with Gasteiger partial charge in [0.15, 0.2) is 17.6 Å². The predicted octanol–water partition coefficient (Wildman–Crippen LogP) is 3.26. The van der Waals surface area contributed by atoms with Crippen LogP contribution in [0.25, 0.3) is 0 Å². The van der Waals surface area contributed by atoms with E-state index in [1.165, 1.54) is 6.07 Å². The van der Waals surface area contributed by atoms with Gasteiger partial charge in [0.05, 0.1) is 25.9 Å². The van der Waals surface area contributed by atoms with Gasteiger partial charge >= 0.3 is 0 Å². The van der Waals surface area contributed by atoms with Crippen LogP contribution in [0.5, 0.6) is 17.2 Å². The molecule has 1 aliphatic rings. The summed E-state index contributed by atoms with van der Waals surface area (Å²) in [4.78, 5) is 4.13. The number of aromatic hydroxyl groups is 1. The first-order chi connectivity index (χ1) is 17.0. The molecular formula is C26H29BrN2O6. The number of fused-ring (bicyclic) bond motifs is 1. The van der Waals surface area contributed by atoms with Crippen molar-refractivity contribution in [2.75, 3.05) is 26.3 Å². The molecule has 35 heavy (non-hydrogen) atoms. The molecule has 4 N–H and O–H groups in total. The fourth-order valence-corrected chi connectivity index (χ4v) is 4.18. The van der Waals surface area contributed by atoms with Crippen LogP contribution >= 0.6 is 15.9 Å². The number of pyridine rings is 1. The number of aromatic nitrogens is 1. The molecule has 0 aliphatic carbocycles. The molecule has 2 atom stereocenters. The van der Waals surface area contributed by atoms with E-state index in [2.05, 4.69) is 26.2 Å². The molecule has 0 unspecified atom stereocenters. The molecule has 0 saturated heterocycles. The quantitative estimate of drug-likeness (QED) is 0.272. The molecule has 3 aromatic rings. The van der Waals surface area contributed by atoms with E-state index in [4.69, 9.17) is 14.2 Å². The molecule has 8 nitrogen and oxygen atoms in total. The van der Waals surface area contributed by atoms with Gasteiger partial charge in [-0.2, -0.15) is 0 Å². The number of halogens is 1. The molecule has 0 radical (unpaired) electrons. The largest absolute Gasteiger partial charge is 0.508 e. The number of ether oxygens (including phenoxy) is 3. The summed E-state index contributed by atoms with van der Waals surface area (Å²) < 4.78 is 18.6. The average molecular weight is 545 g/mol. The van der Waals surface area contributed by atoms with Crippen molar-refractivity contribution >= 4 is 15.9 Å². The zero-order chi connectivity index (χ0) is 24.6. The van der Waals surface area contributed by atoms with Gasteiger partial charge in [-0.15, -0.1) is 0 Å². The predicted molar refractivity (Wildman–Crippen MR) is 134 cm³/mol. The number of aliphatic hydroxyl groups is 2. The molecule has 0 fully saturated rings. The second kappa shape index (κ2) is 12.3. The van der Waals surface area contributed by atoms with Crippen LogP contribution in [0.15, 0.2) is 59.3 Å². The van der Waals surface area contributed by atoms with Crippen molar-refractivity contribution in [3.05, 3.63) is 81.6 Å². The Labute approximate surface area is 212 Å². The number of phenols is 1. The van der Waals surface area contributed by atoms with Gasteiger partial charge in [0.25, 0.3) is 0 Å². The van der Waals surface area contributed by atoms with Crippen LogP contribution in [-0.2, 0) is 24.4 Å². The Kier molecular flexibility index (Phi) is 8.95. The number of hydrogen-bond donors (Lipinski definition) is 4. The topological polar surface area (TPSA) is 113 Å². The summed E-state index contributed by atoms with van der Waals surface area (Å²) in [5.41, 5.74) is 3.11. The van der Waals surface area contributed by atoms with Crippen LogP contribution in [0.1, 0.15) is 28.4 Å². The summed E-state index contributed by atoms with van der Waals surface area (Å²) in [6.07, 6.45) is 3.32. The zero-order valence-corrected chi connectivity index (χ0v) is 20.8. The van der Waals surface area contributed by atoms with E-state index in [9.17, 15) is 15.3 Å². The molecule has 0 saturated carbocycles. The van der Waals surface area contributed by atoms with Crippen LogP contribution in [0.4, 0.5) is 0 Å². The van der Waals surface area contributed by atoms with Gasteiger partial charge in [-0.1, -0.05) is 12.1 Å². The van der Waals surface area contributed by atoms with Gasteiger partial charge in [-0.05, 0) is 75.9 Å². The SMILES string of the molecule is OCc1cc([C@@H](O)CNCCc2ccc3c(c2)O[C@H](COCc2cncc(Br)c2)CO3)ccc1O. The molecule has 2 heterocycles. The van der Waals surface area contributed by atoms with Crippen LogP contribution in [-0.4, -0.2) is 52.7 Å². The molecule has 9 heteroatoms. The van der Waals surface area contributed by atoms with E-state index in [1.807, 2.05) is 24.3 Å². The highest BCUT2D eigenvalue weighted by molar-refractivity contribution is 9.10. The average Bonchev–Trinajstić information content (AvgIpc) is 2.86. The van der Waals surface area contributed by atoms with Crippen molar-refractivity contribution in [2.24, 2.45) is 0 Å². The number of benzene rings is 2. The Bertz CT molecular complexity index is 1130. The van der Waals surface area contributed by atoms with E-state index >= 15 is 0 Å². The third-order valence-corrected chi connectivity index (χ3v) is 6.08. The van der Waals surface area contributed by atoms with Crippen molar-refractivity contribution in [2.45, 2.75) is 31.8 Å². The van der Waals surface area contributed by atoms with Crippen LogP contribution in [0.2, 0.25) is 0 Å². The van der Waals surface area contributed by atoms with Gasteiger partial charge in [0.1, 0.15) is 12.4 Å². The first kappa shape index (κ1) is 25.4. The normalized spacial score (nSPS) is 15.7. The lowest BCUT2D eigenvalue weighted by Gasteiger charge is -2.27. The molecule has 2 aromatic carbocycles. The van der Waals surface area contributed by atoms with Crippen LogP contribution in [0, 0.1) is 0 Å². The van der Waals surface area contributed by atoms with Gasteiger partial charge in [0, 0.05) is 29.0 Å². The Balaban J connectivity index is 1.22. The molecule has 4 rings (SSSR count). The Morgan fingerprint density at radius 2 is 2.00 bits per heavy atom. The van der Waals surface area contributed by atoms with Crippen molar-refractivity contribution < 1.29 is 29.5 Å². The van der Waals surface area contributed by atoms with Crippen LogP contribution < -0.4 is 14.8 Å². The summed E-state index contributed by atoms with van der Waals surface area (Å²) in [6.45, 7) is 2.02. The molecule has 0 spiro atoms. The van der Waals surface area contributed by atoms with Crippen molar-refractivity contribution in [3.8, 4) is 17.2 Å². The lowest BCUT2D eigenvalue weighted by molar-refractivity contribution is 0.00259. The van der Waals surface area contributed by atoms with E-state index in [0.29, 0.717) is 49.8 Å². The number of hydrogen-bond acceptors (Lipinski definition) is 8. The van der Waals surface area contributed by atoms with E-state index in [0.717, 1.165) is 27.8 Å².